The summed E-state index contributed by atoms with van der Waals surface area (Å²) in [4.78, 5) is 4.39. The van der Waals surface area contributed by atoms with Crippen molar-refractivity contribution in [1.29, 1.82) is 0 Å². The number of nitrogens with two attached hydrogens (primary N) is 1. The third-order valence-corrected chi connectivity index (χ3v) is 8.08. The predicted octanol–water partition coefficient (Wildman–Crippen LogP) is 2.83. The summed E-state index contributed by atoms with van der Waals surface area (Å²) < 4.78 is 58.3. The number of sulfone groups is 1. The van der Waals surface area contributed by atoms with E-state index in [1.54, 1.807) is 24.3 Å². The number of hydrogen-bond acceptors (Lipinski definition) is 5. The molecule has 2 aliphatic rings. The maximum atomic E-state index is 14.4. The molecule has 1 aromatic carbocycles. The number of rotatable bonds is 3. The Morgan fingerprint density at radius 3 is 2.67 bits per heavy atom. The first-order valence-corrected chi connectivity index (χ1v) is 10.1. The van der Waals surface area contributed by atoms with Crippen molar-refractivity contribution in [3.63, 3.8) is 0 Å². The molecule has 8 heteroatoms. The molecule has 0 bridgehead atoms. The maximum absolute atomic E-state index is 14.4. The molecule has 0 spiro atoms. The number of methoxy groups -OCH3 is 1. The second kappa shape index (κ2) is 6.44. The lowest BCUT2D eigenvalue weighted by Crippen LogP contribution is -2.58. The van der Waals surface area contributed by atoms with Gasteiger partial charge in [0.25, 0.3) is 0 Å². The Morgan fingerprint density at radius 1 is 1.33 bits per heavy atom. The number of halogens is 2. The van der Waals surface area contributed by atoms with Crippen molar-refractivity contribution in [2.45, 2.75) is 30.3 Å². The third-order valence-electron chi connectivity index (χ3n) is 5.43. The van der Waals surface area contributed by atoms with E-state index in [2.05, 4.69) is 4.99 Å². The van der Waals surface area contributed by atoms with Crippen LogP contribution in [0.3, 0.4) is 0 Å². The lowest BCUT2D eigenvalue weighted by molar-refractivity contribution is 0.233. The highest BCUT2D eigenvalue weighted by atomic mass is 32.2. The van der Waals surface area contributed by atoms with Crippen molar-refractivity contribution in [2.24, 2.45) is 16.6 Å². The molecule has 0 radical (unpaired) electrons. The molecule has 0 amide bonds. The minimum absolute atomic E-state index is 0.153. The van der Waals surface area contributed by atoms with Crippen molar-refractivity contribution in [1.82, 2.24) is 0 Å². The summed E-state index contributed by atoms with van der Waals surface area (Å²) in [6.07, 6.45) is 1.61. The average Bonchev–Trinajstić information content (AvgIpc) is 2.61. The second-order valence-electron chi connectivity index (χ2n) is 7.26. The topological polar surface area (TPSA) is 81.8 Å². The molecule has 0 aromatic heterocycles. The fraction of sp³-hybridized carbons (Fsp3) is 0.421. The Morgan fingerprint density at radius 2 is 2.04 bits per heavy atom. The van der Waals surface area contributed by atoms with E-state index in [-0.39, 0.29) is 5.84 Å². The van der Waals surface area contributed by atoms with E-state index in [0.29, 0.717) is 11.3 Å². The van der Waals surface area contributed by atoms with Crippen LogP contribution in [0.15, 0.2) is 53.3 Å². The van der Waals surface area contributed by atoms with Gasteiger partial charge >= 0.3 is 0 Å². The molecule has 4 atom stereocenters. The number of allylic oxidation sites excluding steroid dienone is 3. The van der Waals surface area contributed by atoms with Crippen molar-refractivity contribution in [3.05, 3.63) is 53.9 Å². The first-order chi connectivity index (χ1) is 12.5. The van der Waals surface area contributed by atoms with Crippen LogP contribution in [0.2, 0.25) is 0 Å². The van der Waals surface area contributed by atoms with E-state index >= 15 is 0 Å². The molecule has 2 unspecified atom stereocenters. The molecule has 0 saturated carbocycles. The van der Waals surface area contributed by atoms with Gasteiger partial charge in [0.2, 0.25) is 0 Å². The van der Waals surface area contributed by atoms with Gasteiger partial charge in [0.15, 0.2) is 14.6 Å². The van der Waals surface area contributed by atoms with E-state index in [1.165, 1.54) is 21.0 Å². The minimum Gasteiger partial charge on any atom is -0.497 e. The summed E-state index contributed by atoms with van der Waals surface area (Å²) >= 11 is 0. The maximum Gasteiger partial charge on any atom is 0.169 e. The van der Waals surface area contributed by atoms with Crippen LogP contribution in [0.5, 0.6) is 5.75 Å². The van der Waals surface area contributed by atoms with Crippen molar-refractivity contribution >= 4 is 15.7 Å². The van der Waals surface area contributed by atoms with Crippen LogP contribution >= 0.6 is 0 Å². The number of aliphatic imine (C=N–C) groups is 1. The van der Waals surface area contributed by atoms with Gasteiger partial charge in [0.05, 0.1) is 18.4 Å². The standard InChI is InChI=1S/C19H22F2N2O3S/c1-18(15-10-13(20)7-8-16(15)21)11-27(24,25)19(2,17(22)23-18)12-5-4-6-14(9-12)26-3/h4-10,15-16H,11H2,1-3H3,(H2,22,23)/t15?,16?,18-,19-/m0/s1. The largest absolute Gasteiger partial charge is 0.497 e. The van der Waals surface area contributed by atoms with Crippen LogP contribution in [0, 0.1) is 5.92 Å². The van der Waals surface area contributed by atoms with Gasteiger partial charge in [-0.05, 0) is 49.8 Å². The number of hydrogen-bond donors (Lipinski definition) is 1. The molecule has 0 saturated heterocycles. The number of ether oxygens (including phenoxy) is 1. The Labute approximate surface area is 157 Å². The Hall–Kier alpha value is -2.22. The van der Waals surface area contributed by atoms with Crippen molar-refractivity contribution in [3.8, 4) is 5.75 Å². The molecule has 3 rings (SSSR count). The fourth-order valence-electron chi connectivity index (χ4n) is 3.67. The molecule has 2 N–H and O–H groups in total. The average molecular weight is 396 g/mol. The molecule has 1 heterocycles. The highest BCUT2D eigenvalue weighted by Crippen LogP contribution is 2.43. The normalized spacial score (nSPS) is 35.3. The van der Waals surface area contributed by atoms with Crippen molar-refractivity contribution < 1.29 is 21.9 Å². The lowest BCUT2D eigenvalue weighted by atomic mass is 9.81. The van der Waals surface area contributed by atoms with E-state index in [4.69, 9.17) is 10.5 Å². The minimum atomic E-state index is -3.90. The molecule has 27 heavy (non-hydrogen) atoms. The molecule has 1 aliphatic heterocycles. The monoisotopic (exact) mass is 396 g/mol. The van der Waals surface area contributed by atoms with Gasteiger partial charge in [-0.2, -0.15) is 0 Å². The molecule has 146 valence electrons. The smallest absolute Gasteiger partial charge is 0.169 e. The Balaban J connectivity index is 2.14. The summed E-state index contributed by atoms with van der Waals surface area (Å²) in [5.41, 5.74) is 5.15. The number of nitrogens with zero attached hydrogens (tertiary/aromatic N) is 1. The summed E-state index contributed by atoms with van der Waals surface area (Å²) in [6.45, 7) is 2.96. The highest BCUT2D eigenvalue weighted by molar-refractivity contribution is 7.93. The number of benzene rings is 1. The zero-order valence-electron chi connectivity index (χ0n) is 15.3. The Kier molecular flexibility index (Phi) is 4.66. The van der Waals surface area contributed by atoms with Crippen LogP contribution < -0.4 is 10.5 Å². The summed E-state index contributed by atoms with van der Waals surface area (Å²) in [5.74, 6) is -1.82. The first-order valence-electron chi connectivity index (χ1n) is 8.46. The second-order valence-corrected chi connectivity index (χ2v) is 9.59. The van der Waals surface area contributed by atoms with Gasteiger partial charge in [-0.1, -0.05) is 12.1 Å². The summed E-state index contributed by atoms with van der Waals surface area (Å²) in [5, 5.41) is 0. The van der Waals surface area contributed by atoms with Gasteiger partial charge in [0, 0.05) is 5.92 Å². The molecule has 1 aromatic rings. The van der Waals surface area contributed by atoms with Crippen LogP contribution in [0.25, 0.3) is 0 Å². The SMILES string of the molecule is COc1cccc([C@@]2(C)C(N)=N[C@](C)(C3C=C(F)C=CC3F)CS2(=O)=O)c1. The number of amidine groups is 1. The number of alkyl halides is 1. The van der Waals surface area contributed by atoms with Gasteiger partial charge < -0.3 is 10.5 Å². The van der Waals surface area contributed by atoms with E-state index < -0.39 is 43.8 Å². The fourth-order valence-corrected chi connectivity index (χ4v) is 5.83. The highest BCUT2D eigenvalue weighted by Gasteiger charge is 2.55. The van der Waals surface area contributed by atoms with Crippen LogP contribution in [-0.4, -0.2) is 38.8 Å². The molecule has 5 nitrogen and oxygen atoms in total. The molecule has 1 aliphatic carbocycles. The van der Waals surface area contributed by atoms with Gasteiger partial charge in [-0.25, -0.2) is 17.2 Å². The van der Waals surface area contributed by atoms with E-state index in [1.807, 2.05) is 0 Å². The van der Waals surface area contributed by atoms with E-state index in [9.17, 15) is 17.2 Å². The van der Waals surface area contributed by atoms with Crippen molar-refractivity contribution in [2.75, 3.05) is 12.9 Å². The van der Waals surface area contributed by atoms with Gasteiger partial charge in [-0.3, -0.25) is 4.99 Å². The first kappa shape index (κ1) is 19.5. The molecular weight excluding hydrogens is 374 g/mol. The molecule has 0 fully saturated rings. The Bertz CT molecular complexity index is 957. The quantitative estimate of drug-likeness (QED) is 0.852. The van der Waals surface area contributed by atoms with Crippen LogP contribution in [0.4, 0.5) is 8.78 Å². The van der Waals surface area contributed by atoms with Gasteiger partial charge in [0.1, 0.15) is 23.6 Å². The van der Waals surface area contributed by atoms with Gasteiger partial charge in [-0.15, -0.1) is 0 Å². The lowest BCUT2D eigenvalue weighted by Gasteiger charge is -2.43. The third kappa shape index (κ3) is 3.05. The summed E-state index contributed by atoms with van der Waals surface area (Å²) in [6, 6.07) is 6.57. The van der Waals surface area contributed by atoms with Crippen LogP contribution in [-0.2, 0) is 14.6 Å². The molecular formula is C19H22F2N2O3S. The predicted molar refractivity (Wildman–Crippen MR) is 101 cm³/mol. The van der Waals surface area contributed by atoms with E-state index in [0.717, 1.165) is 18.2 Å². The summed E-state index contributed by atoms with van der Waals surface area (Å²) in [7, 11) is -2.43. The van der Waals surface area contributed by atoms with Crippen LogP contribution in [0.1, 0.15) is 19.4 Å². The zero-order valence-corrected chi connectivity index (χ0v) is 16.1. The zero-order chi connectivity index (χ0) is 20.0.